The molecule has 17 heavy (non-hydrogen) atoms. The van der Waals surface area contributed by atoms with Gasteiger partial charge in [0.2, 0.25) is 0 Å². The summed E-state index contributed by atoms with van der Waals surface area (Å²) < 4.78 is 0. The van der Waals surface area contributed by atoms with Crippen LogP contribution in [0.25, 0.3) is 0 Å². The third-order valence-corrected chi connectivity index (χ3v) is 3.02. The number of aromatic nitrogens is 1. The Morgan fingerprint density at radius 2 is 1.88 bits per heavy atom. The van der Waals surface area contributed by atoms with Crippen molar-refractivity contribution >= 4 is 17.4 Å². The summed E-state index contributed by atoms with van der Waals surface area (Å²) in [7, 11) is 6.23. The van der Waals surface area contributed by atoms with E-state index in [0.29, 0.717) is 5.88 Å². The van der Waals surface area contributed by atoms with Crippen molar-refractivity contribution in [1.29, 1.82) is 0 Å². The van der Waals surface area contributed by atoms with Crippen molar-refractivity contribution in [2.24, 2.45) is 0 Å². The number of hydrogen-bond acceptors (Lipinski definition) is 3. The Bertz CT molecular complexity index is 330. The zero-order valence-corrected chi connectivity index (χ0v) is 12.0. The van der Waals surface area contributed by atoms with Gasteiger partial charge in [-0.05, 0) is 38.2 Å². The first kappa shape index (κ1) is 14.3. The van der Waals surface area contributed by atoms with Crippen LogP contribution in [0.5, 0.6) is 0 Å². The van der Waals surface area contributed by atoms with E-state index in [1.54, 1.807) is 0 Å². The van der Waals surface area contributed by atoms with Crippen molar-refractivity contribution in [2.45, 2.75) is 19.2 Å². The summed E-state index contributed by atoms with van der Waals surface area (Å²) in [5.74, 6) is 1.56. The number of likely N-dealkylation sites (N-methyl/N-ethyl adjacent to an activating group) is 2. The molecule has 0 saturated carbocycles. The first-order valence-electron chi connectivity index (χ1n) is 5.98. The number of aryl methyl sites for hydroxylation is 1. The average Bonchev–Trinajstić information content (AvgIpc) is 2.34. The van der Waals surface area contributed by atoms with Crippen LogP contribution < -0.4 is 4.90 Å². The minimum absolute atomic E-state index is 0.546. The van der Waals surface area contributed by atoms with Gasteiger partial charge in [-0.1, -0.05) is 6.92 Å². The smallest absolute Gasteiger partial charge is 0.128 e. The highest BCUT2D eigenvalue weighted by Gasteiger charge is 2.06. The van der Waals surface area contributed by atoms with E-state index in [4.69, 9.17) is 11.6 Å². The summed E-state index contributed by atoms with van der Waals surface area (Å²) in [4.78, 5) is 8.97. The monoisotopic (exact) mass is 255 g/mol. The van der Waals surface area contributed by atoms with E-state index in [1.165, 1.54) is 0 Å². The molecular formula is C13H22ClN3. The molecule has 1 aromatic rings. The maximum absolute atomic E-state index is 5.91. The number of pyridine rings is 1. The molecule has 1 aromatic heterocycles. The summed E-state index contributed by atoms with van der Waals surface area (Å²) in [6, 6.07) is 4.15. The van der Waals surface area contributed by atoms with Gasteiger partial charge in [-0.3, -0.25) is 0 Å². The number of anilines is 1. The first-order valence-corrected chi connectivity index (χ1v) is 6.52. The van der Waals surface area contributed by atoms with Gasteiger partial charge >= 0.3 is 0 Å². The first-order chi connectivity index (χ1) is 8.06. The van der Waals surface area contributed by atoms with Crippen molar-refractivity contribution in [3.8, 4) is 0 Å². The molecule has 0 aliphatic heterocycles. The molecule has 0 spiro atoms. The second-order valence-corrected chi connectivity index (χ2v) is 4.80. The molecule has 0 atom stereocenters. The lowest BCUT2D eigenvalue weighted by Gasteiger charge is -2.21. The molecule has 0 bridgehead atoms. The predicted molar refractivity (Wildman–Crippen MR) is 75.0 cm³/mol. The Balaban J connectivity index is 2.80. The van der Waals surface area contributed by atoms with Crippen LogP contribution in [0.1, 0.15) is 18.2 Å². The molecule has 0 aliphatic carbocycles. The maximum Gasteiger partial charge on any atom is 0.128 e. The Kier molecular flexibility index (Phi) is 5.72. The third kappa shape index (κ3) is 4.52. The van der Waals surface area contributed by atoms with Crippen LogP contribution in [0, 0.1) is 0 Å². The Morgan fingerprint density at radius 1 is 1.18 bits per heavy atom. The highest BCUT2D eigenvalue weighted by Crippen LogP contribution is 2.16. The average molecular weight is 256 g/mol. The number of rotatable bonds is 6. The minimum Gasteiger partial charge on any atom is -0.358 e. The van der Waals surface area contributed by atoms with Crippen molar-refractivity contribution < 1.29 is 0 Å². The fourth-order valence-corrected chi connectivity index (χ4v) is 1.71. The van der Waals surface area contributed by atoms with Gasteiger partial charge in [0.1, 0.15) is 5.82 Å². The SMILES string of the molecule is CCc1cc(CCl)cc(N(C)CCN(C)C)n1. The molecule has 0 amide bonds. The normalized spacial score (nSPS) is 10.9. The van der Waals surface area contributed by atoms with E-state index in [-0.39, 0.29) is 0 Å². The van der Waals surface area contributed by atoms with Gasteiger partial charge in [-0.2, -0.15) is 0 Å². The fraction of sp³-hybridized carbons (Fsp3) is 0.615. The van der Waals surface area contributed by atoms with Crippen LogP contribution in [0.2, 0.25) is 0 Å². The molecule has 0 fully saturated rings. The molecule has 0 N–H and O–H groups in total. The van der Waals surface area contributed by atoms with Crippen molar-refractivity contribution in [3.05, 3.63) is 23.4 Å². The van der Waals surface area contributed by atoms with E-state index in [9.17, 15) is 0 Å². The summed E-state index contributed by atoms with van der Waals surface area (Å²) in [5.41, 5.74) is 2.25. The summed E-state index contributed by atoms with van der Waals surface area (Å²) >= 11 is 5.91. The topological polar surface area (TPSA) is 19.4 Å². The van der Waals surface area contributed by atoms with E-state index >= 15 is 0 Å². The zero-order valence-electron chi connectivity index (χ0n) is 11.2. The largest absolute Gasteiger partial charge is 0.358 e. The predicted octanol–water partition coefficient (Wildman–Crippen LogP) is 2.38. The molecule has 0 radical (unpaired) electrons. The second-order valence-electron chi connectivity index (χ2n) is 4.54. The van der Waals surface area contributed by atoms with E-state index in [1.807, 2.05) is 0 Å². The van der Waals surface area contributed by atoms with Gasteiger partial charge in [-0.25, -0.2) is 4.98 Å². The van der Waals surface area contributed by atoms with Crippen LogP contribution in [0.3, 0.4) is 0 Å². The van der Waals surface area contributed by atoms with Crippen LogP contribution in [-0.2, 0) is 12.3 Å². The highest BCUT2D eigenvalue weighted by molar-refractivity contribution is 6.17. The van der Waals surface area contributed by atoms with Crippen molar-refractivity contribution in [1.82, 2.24) is 9.88 Å². The van der Waals surface area contributed by atoms with Gasteiger partial charge in [0.05, 0.1) is 0 Å². The molecule has 1 rings (SSSR count). The van der Waals surface area contributed by atoms with E-state index < -0.39 is 0 Å². The summed E-state index contributed by atoms with van der Waals surface area (Å²) in [5, 5.41) is 0. The maximum atomic E-state index is 5.91. The number of halogens is 1. The molecule has 0 unspecified atom stereocenters. The quantitative estimate of drug-likeness (QED) is 0.728. The zero-order chi connectivity index (χ0) is 12.8. The summed E-state index contributed by atoms with van der Waals surface area (Å²) in [6.07, 6.45) is 0.944. The lowest BCUT2D eigenvalue weighted by molar-refractivity contribution is 0.416. The van der Waals surface area contributed by atoms with Crippen LogP contribution >= 0.6 is 11.6 Å². The minimum atomic E-state index is 0.546. The fourth-order valence-electron chi connectivity index (χ4n) is 1.55. The van der Waals surface area contributed by atoms with Crippen molar-refractivity contribution in [3.63, 3.8) is 0 Å². The van der Waals surface area contributed by atoms with E-state index in [2.05, 4.69) is 55.0 Å². The highest BCUT2D eigenvalue weighted by atomic mass is 35.5. The lowest BCUT2D eigenvalue weighted by Crippen LogP contribution is -2.29. The molecule has 0 aromatic carbocycles. The Hall–Kier alpha value is -0.800. The number of hydrogen-bond donors (Lipinski definition) is 0. The molecular weight excluding hydrogens is 234 g/mol. The molecule has 0 aliphatic rings. The Morgan fingerprint density at radius 3 is 2.41 bits per heavy atom. The van der Waals surface area contributed by atoms with Gasteiger partial charge in [0, 0.05) is 31.7 Å². The van der Waals surface area contributed by atoms with Crippen LogP contribution in [0.4, 0.5) is 5.82 Å². The number of nitrogens with zero attached hydrogens (tertiary/aromatic N) is 3. The standard InChI is InChI=1S/C13H22ClN3/c1-5-12-8-11(10-14)9-13(15-12)17(4)7-6-16(2)3/h8-9H,5-7,10H2,1-4H3. The molecule has 96 valence electrons. The van der Waals surface area contributed by atoms with E-state index in [0.717, 1.165) is 36.6 Å². The molecule has 0 saturated heterocycles. The summed E-state index contributed by atoms with van der Waals surface area (Å²) in [6.45, 7) is 4.10. The molecule has 4 heteroatoms. The number of alkyl halides is 1. The van der Waals surface area contributed by atoms with Crippen LogP contribution in [-0.4, -0.2) is 44.1 Å². The molecule has 3 nitrogen and oxygen atoms in total. The third-order valence-electron chi connectivity index (χ3n) is 2.71. The second kappa shape index (κ2) is 6.82. The van der Waals surface area contributed by atoms with Crippen molar-refractivity contribution in [2.75, 3.05) is 39.1 Å². The Labute approximate surface area is 109 Å². The molecule has 1 heterocycles. The van der Waals surface area contributed by atoms with Gasteiger partial charge < -0.3 is 9.80 Å². The van der Waals surface area contributed by atoms with Gasteiger partial charge in [-0.15, -0.1) is 11.6 Å². The van der Waals surface area contributed by atoms with Gasteiger partial charge in [0.15, 0.2) is 0 Å². The van der Waals surface area contributed by atoms with Gasteiger partial charge in [0.25, 0.3) is 0 Å². The lowest BCUT2D eigenvalue weighted by atomic mass is 10.2. The van der Waals surface area contributed by atoms with Crippen LogP contribution in [0.15, 0.2) is 12.1 Å².